The van der Waals surface area contributed by atoms with Crippen molar-refractivity contribution in [3.63, 3.8) is 0 Å². The molecule has 0 radical (unpaired) electrons. The van der Waals surface area contributed by atoms with Crippen LogP contribution >= 0.6 is 11.8 Å². The monoisotopic (exact) mass is 300 g/mol. The number of hydrogen-bond acceptors (Lipinski definition) is 4. The molecule has 1 unspecified atom stereocenters. The molecule has 1 saturated heterocycles. The second kappa shape index (κ2) is 5.52. The van der Waals surface area contributed by atoms with E-state index >= 15 is 0 Å². The van der Waals surface area contributed by atoms with E-state index in [-0.39, 0.29) is 16.7 Å². The van der Waals surface area contributed by atoms with E-state index in [1.54, 1.807) is 35.8 Å². The summed E-state index contributed by atoms with van der Waals surface area (Å²) < 4.78 is 22.3. The minimum Gasteiger partial charge on any atom is -0.315 e. The van der Waals surface area contributed by atoms with E-state index in [9.17, 15) is 13.2 Å². The summed E-state index contributed by atoms with van der Waals surface area (Å²) in [6, 6.07) is 6.02. The van der Waals surface area contributed by atoms with Gasteiger partial charge in [-0.3, -0.25) is 4.79 Å². The molecule has 1 aliphatic rings. The van der Waals surface area contributed by atoms with E-state index in [2.05, 4.69) is 0 Å². The van der Waals surface area contributed by atoms with Gasteiger partial charge in [0.1, 0.15) is 0 Å². The van der Waals surface area contributed by atoms with Crippen LogP contribution in [0.15, 0.2) is 29.2 Å². The number of carbonyl (C=O) groups is 1. The molecule has 1 aromatic rings. The van der Waals surface area contributed by atoms with Crippen LogP contribution < -0.4 is 10.0 Å². The number of benzene rings is 1. The summed E-state index contributed by atoms with van der Waals surface area (Å²) in [4.78, 5) is 13.8. The third kappa shape index (κ3) is 3.29. The molecule has 104 valence electrons. The summed E-state index contributed by atoms with van der Waals surface area (Å²) in [7, 11) is -1.98. The van der Waals surface area contributed by atoms with Crippen LogP contribution in [0, 0.1) is 5.92 Å². The van der Waals surface area contributed by atoms with E-state index in [1.807, 2.05) is 0 Å². The lowest BCUT2D eigenvalue weighted by Gasteiger charge is -2.20. The quantitative estimate of drug-likeness (QED) is 0.905. The molecule has 0 aliphatic carbocycles. The van der Waals surface area contributed by atoms with Crippen LogP contribution in [-0.4, -0.2) is 32.9 Å². The Labute approximate surface area is 117 Å². The number of sulfonamides is 1. The van der Waals surface area contributed by atoms with Crippen LogP contribution in [0.4, 0.5) is 5.69 Å². The summed E-state index contributed by atoms with van der Waals surface area (Å²) in [6.07, 6.45) is 0.906. The third-order valence-corrected chi connectivity index (χ3v) is 5.25. The van der Waals surface area contributed by atoms with Crippen molar-refractivity contribution in [1.29, 1.82) is 0 Å². The van der Waals surface area contributed by atoms with Crippen molar-refractivity contribution < 1.29 is 13.2 Å². The predicted octanol–water partition coefficient (Wildman–Crippen LogP) is 1.05. The van der Waals surface area contributed by atoms with Gasteiger partial charge in [-0.25, -0.2) is 13.6 Å². The number of carbonyl (C=O) groups excluding carboxylic acids is 1. The number of amides is 1. The fourth-order valence-electron chi connectivity index (χ4n) is 1.99. The van der Waals surface area contributed by atoms with Crippen molar-refractivity contribution in [2.75, 3.05) is 23.5 Å². The number of thioether (sulfide) groups is 1. The molecule has 5 nitrogen and oxygen atoms in total. The maximum atomic E-state index is 12.2. The van der Waals surface area contributed by atoms with Crippen LogP contribution in [0.5, 0.6) is 0 Å². The highest BCUT2D eigenvalue weighted by molar-refractivity contribution is 7.99. The summed E-state index contributed by atoms with van der Waals surface area (Å²) in [5.41, 5.74) is 0.675. The van der Waals surface area contributed by atoms with Gasteiger partial charge in [-0.2, -0.15) is 11.8 Å². The molecule has 1 atom stereocenters. The third-order valence-electron chi connectivity index (χ3n) is 3.16. The highest BCUT2D eigenvalue weighted by atomic mass is 32.2. The molecule has 2 rings (SSSR count). The number of rotatable bonds is 3. The normalized spacial score (nSPS) is 19.4. The summed E-state index contributed by atoms with van der Waals surface area (Å²) in [5.74, 6) is 2.02. The van der Waals surface area contributed by atoms with Gasteiger partial charge in [-0.15, -0.1) is 0 Å². The van der Waals surface area contributed by atoms with Crippen molar-refractivity contribution in [3.05, 3.63) is 24.3 Å². The van der Waals surface area contributed by atoms with Gasteiger partial charge in [0.05, 0.1) is 4.90 Å². The SMILES string of the molecule is CN(C(=O)C1CCSC1)c1ccc(S(N)(=O)=O)cc1. The molecule has 1 aliphatic heterocycles. The largest absolute Gasteiger partial charge is 0.315 e. The molecule has 1 heterocycles. The van der Waals surface area contributed by atoms with Gasteiger partial charge in [-0.05, 0) is 36.4 Å². The van der Waals surface area contributed by atoms with Crippen LogP contribution in [0.3, 0.4) is 0 Å². The Bertz CT molecular complexity index is 563. The molecule has 19 heavy (non-hydrogen) atoms. The Kier molecular flexibility index (Phi) is 4.17. The molecular weight excluding hydrogens is 284 g/mol. The summed E-state index contributed by atoms with van der Waals surface area (Å²) >= 11 is 1.79. The highest BCUT2D eigenvalue weighted by Crippen LogP contribution is 2.27. The highest BCUT2D eigenvalue weighted by Gasteiger charge is 2.26. The topological polar surface area (TPSA) is 80.5 Å². The number of nitrogens with two attached hydrogens (primary N) is 1. The van der Waals surface area contributed by atoms with Crippen molar-refractivity contribution in [1.82, 2.24) is 0 Å². The van der Waals surface area contributed by atoms with Gasteiger partial charge in [0, 0.05) is 24.4 Å². The fraction of sp³-hybridized carbons (Fsp3) is 0.417. The lowest BCUT2D eigenvalue weighted by molar-refractivity contribution is -0.121. The van der Waals surface area contributed by atoms with Crippen molar-refractivity contribution in [2.24, 2.45) is 11.1 Å². The van der Waals surface area contributed by atoms with E-state index < -0.39 is 10.0 Å². The van der Waals surface area contributed by atoms with E-state index in [1.165, 1.54) is 12.1 Å². The Hall–Kier alpha value is -1.05. The lowest BCUT2D eigenvalue weighted by Crippen LogP contribution is -2.32. The van der Waals surface area contributed by atoms with Gasteiger partial charge >= 0.3 is 0 Å². The molecule has 1 fully saturated rings. The standard InChI is InChI=1S/C12H16N2O3S2/c1-14(12(15)9-6-7-18-8-9)10-2-4-11(5-3-10)19(13,16)17/h2-5,9H,6-8H2,1H3,(H2,13,16,17). The Morgan fingerprint density at radius 2 is 2.00 bits per heavy atom. The van der Waals surface area contributed by atoms with Crippen LogP contribution in [-0.2, 0) is 14.8 Å². The Balaban J connectivity index is 2.15. The Morgan fingerprint density at radius 1 is 1.37 bits per heavy atom. The predicted molar refractivity (Wildman–Crippen MR) is 76.7 cm³/mol. The molecule has 1 amide bonds. The molecule has 0 bridgehead atoms. The lowest BCUT2D eigenvalue weighted by atomic mass is 10.1. The van der Waals surface area contributed by atoms with Gasteiger partial charge < -0.3 is 4.90 Å². The molecule has 1 aromatic carbocycles. The van der Waals surface area contributed by atoms with E-state index in [0.717, 1.165) is 17.9 Å². The first-order valence-corrected chi connectivity index (χ1v) is 8.58. The van der Waals surface area contributed by atoms with Crippen LogP contribution in [0.25, 0.3) is 0 Å². The Morgan fingerprint density at radius 3 is 2.47 bits per heavy atom. The smallest absolute Gasteiger partial charge is 0.238 e. The maximum absolute atomic E-state index is 12.2. The summed E-state index contributed by atoms with van der Waals surface area (Å²) in [5, 5.41) is 5.03. The zero-order valence-electron chi connectivity index (χ0n) is 10.6. The molecule has 7 heteroatoms. The van der Waals surface area contributed by atoms with Gasteiger partial charge in [0.15, 0.2) is 0 Å². The number of nitrogens with zero attached hydrogens (tertiary/aromatic N) is 1. The average Bonchev–Trinajstić information content (AvgIpc) is 2.90. The number of anilines is 1. The average molecular weight is 300 g/mol. The number of primary sulfonamides is 1. The minimum atomic E-state index is -3.69. The van der Waals surface area contributed by atoms with Gasteiger partial charge in [-0.1, -0.05) is 0 Å². The van der Waals surface area contributed by atoms with Crippen molar-refractivity contribution >= 4 is 33.4 Å². The van der Waals surface area contributed by atoms with Crippen molar-refractivity contribution in [3.8, 4) is 0 Å². The fourth-order valence-corrected chi connectivity index (χ4v) is 3.72. The molecule has 0 spiro atoms. The first-order chi connectivity index (χ1) is 8.89. The first kappa shape index (κ1) is 14.4. The minimum absolute atomic E-state index is 0.0496. The first-order valence-electron chi connectivity index (χ1n) is 5.88. The zero-order chi connectivity index (χ0) is 14.0. The molecular formula is C12H16N2O3S2. The summed E-state index contributed by atoms with van der Waals surface area (Å²) in [6.45, 7) is 0. The van der Waals surface area contributed by atoms with Gasteiger partial charge in [0.25, 0.3) is 0 Å². The molecule has 0 aromatic heterocycles. The zero-order valence-corrected chi connectivity index (χ0v) is 12.2. The number of hydrogen-bond donors (Lipinski definition) is 1. The maximum Gasteiger partial charge on any atom is 0.238 e. The second-order valence-electron chi connectivity index (χ2n) is 4.50. The van der Waals surface area contributed by atoms with E-state index in [4.69, 9.17) is 5.14 Å². The van der Waals surface area contributed by atoms with Crippen LogP contribution in [0.1, 0.15) is 6.42 Å². The van der Waals surface area contributed by atoms with Crippen molar-refractivity contribution in [2.45, 2.75) is 11.3 Å². The molecule has 0 saturated carbocycles. The second-order valence-corrected chi connectivity index (χ2v) is 7.21. The van der Waals surface area contributed by atoms with Gasteiger partial charge in [0.2, 0.25) is 15.9 Å². The van der Waals surface area contributed by atoms with E-state index in [0.29, 0.717) is 5.69 Å². The molecule has 2 N–H and O–H groups in total. The van der Waals surface area contributed by atoms with Crippen LogP contribution in [0.2, 0.25) is 0 Å².